The predicted octanol–water partition coefficient (Wildman–Crippen LogP) is 2.36. The first-order valence-corrected chi connectivity index (χ1v) is 7.86. The Morgan fingerprint density at radius 3 is 2.89 bits per heavy atom. The molecule has 106 valence electrons. The van der Waals surface area contributed by atoms with Gasteiger partial charge in [0.1, 0.15) is 5.82 Å². The van der Waals surface area contributed by atoms with E-state index in [0.29, 0.717) is 5.02 Å². The maximum atomic E-state index is 6.27. The van der Waals surface area contributed by atoms with Crippen molar-refractivity contribution in [1.82, 2.24) is 9.88 Å². The molecule has 4 nitrogen and oxygen atoms in total. The van der Waals surface area contributed by atoms with Crippen LogP contribution < -0.4 is 10.6 Å². The monoisotopic (exact) mass is 346 g/mol. The Hall–Kier alpha value is -0.360. The van der Waals surface area contributed by atoms with Crippen molar-refractivity contribution in [3.05, 3.63) is 21.8 Å². The number of halogens is 2. The van der Waals surface area contributed by atoms with Crippen LogP contribution in [-0.4, -0.2) is 49.2 Å². The number of hydrogen-bond donors (Lipinski definition) is 1. The largest absolute Gasteiger partial charge is 0.354 e. The highest BCUT2D eigenvalue weighted by Gasteiger charge is 2.17. The zero-order chi connectivity index (χ0) is 13.7. The average molecular weight is 348 g/mol. The summed E-state index contributed by atoms with van der Waals surface area (Å²) in [4.78, 5) is 9.19. The average Bonchev–Trinajstić information content (AvgIpc) is 2.62. The van der Waals surface area contributed by atoms with E-state index in [4.69, 9.17) is 17.3 Å². The molecule has 1 saturated heterocycles. The number of nitrogens with two attached hydrogens (primary N) is 1. The Balaban J connectivity index is 1.98. The van der Waals surface area contributed by atoms with E-state index < -0.39 is 0 Å². The van der Waals surface area contributed by atoms with Gasteiger partial charge in [0.15, 0.2) is 0 Å². The molecule has 1 aliphatic heterocycles. The van der Waals surface area contributed by atoms with Crippen LogP contribution in [0.5, 0.6) is 0 Å². The number of nitrogens with zero attached hydrogens (tertiary/aromatic N) is 3. The van der Waals surface area contributed by atoms with Crippen molar-refractivity contribution in [3.8, 4) is 0 Å². The number of hydrogen-bond acceptors (Lipinski definition) is 4. The molecule has 0 atom stereocenters. The molecule has 2 N–H and O–H groups in total. The second-order valence-electron chi connectivity index (χ2n) is 4.78. The van der Waals surface area contributed by atoms with Gasteiger partial charge < -0.3 is 15.5 Å². The van der Waals surface area contributed by atoms with Crippen molar-refractivity contribution >= 4 is 33.3 Å². The summed E-state index contributed by atoms with van der Waals surface area (Å²) in [6.07, 6.45) is 4.01. The molecule has 2 heterocycles. The topological polar surface area (TPSA) is 45.4 Å². The molecular weight excluding hydrogens is 328 g/mol. The lowest BCUT2D eigenvalue weighted by molar-refractivity contribution is 0.291. The third kappa shape index (κ3) is 4.31. The minimum atomic E-state index is 0.713. The standard InChI is InChI=1S/C13H20BrClN4/c14-11-9-12(15)13(17-10-11)19-6-2-5-18(7-8-19)4-1-3-16/h9-10H,1-8,16H2. The number of aromatic nitrogens is 1. The minimum Gasteiger partial charge on any atom is -0.354 e. The highest BCUT2D eigenvalue weighted by molar-refractivity contribution is 9.10. The summed E-state index contributed by atoms with van der Waals surface area (Å²) in [7, 11) is 0. The molecule has 0 amide bonds. The Morgan fingerprint density at radius 1 is 1.32 bits per heavy atom. The highest BCUT2D eigenvalue weighted by atomic mass is 79.9. The van der Waals surface area contributed by atoms with Crippen LogP contribution in [0, 0.1) is 0 Å². The molecule has 1 aromatic rings. The van der Waals surface area contributed by atoms with Crippen molar-refractivity contribution in [2.24, 2.45) is 5.73 Å². The van der Waals surface area contributed by atoms with Gasteiger partial charge in [-0.2, -0.15) is 0 Å². The summed E-state index contributed by atoms with van der Waals surface area (Å²) in [6, 6.07) is 1.90. The number of anilines is 1. The lowest BCUT2D eigenvalue weighted by atomic mass is 10.3. The third-order valence-electron chi connectivity index (χ3n) is 3.35. The van der Waals surface area contributed by atoms with E-state index in [2.05, 4.69) is 30.7 Å². The van der Waals surface area contributed by atoms with Gasteiger partial charge in [0.25, 0.3) is 0 Å². The van der Waals surface area contributed by atoms with Crippen LogP contribution in [0.4, 0.5) is 5.82 Å². The van der Waals surface area contributed by atoms with Gasteiger partial charge in [0.2, 0.25) is 0 Å². The maximum Gasteiger partial charge on any atom is 0.147 e. The summed E-state index contributed by atoms with van der Waals surface area (Å²) in [5.74, 6) is 0.894. The number of pyridine rings is 1. The minimum absolute atomic E-state index is 0.713. The van der Waals surface area contributed by atoms with E-state index in [1.165, 1.54) is 0 Å². The fourth-order valence-electron chi connectivity index (χ4n) is 2.36. The zero-order valence-corrected chi connectivity index (χ0v) is 13.3. The van der Waals surface area contributed by atoms with Gasteiger partial charge >= 0.3 is 0 Å². The number of rotatable bonds is 4. The molecule has 1 aliphatic rings. The van der Waals surface area contributed by atoms with Crippen molar-refractivity contribution < 1.29 is 0 Å². The van der Waals surface area contributed by atoms with Crippen molar-refractivity contribution in [1.29, 1.82) is 0 Å². The molecule has 2 rings (SSSR count). The van der Waals surface area contributed by atoms with Crippen LogP contribution in [0.25, 0.3) is 0 Å². The summed E-state index contributed by atoms with van der Waals surface area (Å²) < 4.78 is 0.917. The van der Waals surface area contributed by atoms with Crippen molar-refractivity contribution in [2.75, 3.05) is 44.2 Å². The van der Waals surface area contributed by atoms with E-state index in [-0.39, 0.29) is 0 Å². The first kappa shape index (κ1) is 15.0. The second-order valence-corrected chi connectivity index (χ2v) is 6.11. The van der Waals surface area contributed by atoms with Gasteiger partial charge in [-0.15, -0.1) is 0 Å². The molecule has 0 spiro atoms. The molecule has 0 unspecified atom stereocenters. The summed E-state index contributed by atoms with van der Waals surface area (Å²) in [5.41, 5.74) is 5.57. The molecule has 19 heavy (non-hydrogen) atoms. The Bertz CT molecular complexity index is 416. The van der Waals surface area contributed by atoms with Gasteiger partial charge in [-0.3, -0.25) is 0 Å². The van der Waals surface area contributed by atoms with Gasteiger partial charge in [-0.05, 0) is 54.5 Å². The second kappa shape index (κ2) is 7.43. The molecule has 0 radical (unpaired) electrons. The lowest BCUT2D eigenvalue weighted by Crippen LogP contribution is -2.32. The van der Waals surface area contributed by atoms with E-state index >= 15 is 0 Å². The molecule has 0 aromatic carbocycles. The summed E-state index contributed by atoms with van der Waals surface area (Å²) in [6.45, 7) is 6.01. The van der Waals surface area contributed by atoms with Crippen molar-refractivity contribution in [3.63, 3.8) is 0 Å². The van der Waals surface area contributed by atoms with Crippen LogP contribution in [-0.2, 0) is 0 Å². The molecule has 1 fully saturated rings. The SMILES string of the molecule is NCCCN1CCCN(c2ncc(Br)cc2Cl)CC1. The smallest absolute Gasteiger partial charge is 0.147 e. The van der Waals surface area contributed by atoms with E-state index in [1.54, 1.807) is 6.20 Å². The van der Waals surface area contributed by atoms with E-state index in [9.17, 15) is 0 Å². The highest BCUT2D eigenvalue weighted by Crippen LogP contribution is 2.26. The quantitative estimate of drug-likeness (QED) is 0.908. The Kier molecular flexibility index (Phi) is 5.88. The summed E-state index contributed by atoms with van der Waals surface area (Å²) in [5, 5.41) is 0.713. The lowest BCUT2D eigenvalue weighted by Gasteiger charge is -2.23. The molecular formula is C13H20BrClN4. The first-order chi connectivity index (χ1) is 9.20. The van der Waals surface area contributed by atoms with Gasteiger partial charge in [0, 0.05) is 30.3 Å². The van der Waals surface area contributed by atoms with Gasteiger partial charge in [0.05, 0.1) is 5.02 Å². The molecule has 6 heteroatoms. The normalized spacial score (nSPS) is 17.5. The maximum absolute atomic E-state index is 6.27. The first-order valence-electron chi connectivity index (χ1n) is 6.69. The Labute approximate surface area is 128 Å². The third-order valence-corrected chi connectivity index (χ3v) is 4.07. The van der Waals surface area contributed by atoms with Gasteiger partial charge in [-0.1, -0.05) is 11.6 Å². The predicted molar refractivity (Wildman–Crippen MR) is 83.9 cm³/mol. The van der Waals surface area contributed by atoms with Crippen LogP contribution in [0.2, 0.25) is 5.02 Å². The molecule has 0 bridgehead atoms. The van der Waals surface area contributed by atoms with Crippen molar-refractivity contribution in [2.45, 2.75) is 12.8 Å². The fraction of sp³-hybridized carbons (Fsp3) is 0.615. The van der Waals surface area contributed by atoms with E-state index in [1.807, 2.05) is 6.07 Å². The van der Waals surface area contributed by atoms with Crippen LogP contribution in [0.3, 0.4) is 0 Å². The fourth-order valence-corrected chi connectivity index (χ4v) is 3.11. The van der Waals surface area contributed by atoms with Crippen LogP contribution in [0.1, 0.15) is 12.8 Å². The zero-order valence-electron chi connectivity index (χ0n) is 11.0. The Morgan fingerprint density at radius 2 is 2.16 bits per heavy atom. The van der Waals surface area contributed by atoms with Gasteiger partial charge in [-0.25, -0.2) is 4.98 Å². The van der Waals surface area contributed by atoms with Crippen LogP contribution >= 0.6 is 27.5 Å². The van der Waals surface area contributed by atoms with E-state index in [0.717, 1.165) is 62.4 Å². The summed E-state index contributed by atoms with van der Waals surface area (Å²) >= 11 is 9.66. The molecule has 1 aromatic heterocycles. The molecule has 0 aliphatic carbocycles. The van der Waals surface area contributed by atoms with Crippen LogP contribution in [0.15, 0.2) is 16.7 Å². The molecule has 0 saturated carbocycles.